The number of hydrogen-bond acceptors (Lipinski definition) is 5. The molecule has 1 aromatic carbocycles. The van der Waals surface area contributed by atoms with Crippen molar-refractivity contribution in [3.8, 4) is 0 Å². The Bertz CT molecular complexity index is 935. The number of fused-ring (bicyclic) bond motifs is 1. The Labute approximate surface area is 136 Å². The average molecular weight is 327 g/mol. The van der Waals surface area contributed by atoms with Crippen LogP contribution in [0.25, 0.3) is 10.9 Å². The quantitative estimate of drug-likeness (QED) is 0.747. The fraction of sp³-hybridized carbons (Fsp3) is 0.118. The Balaban J connectivity index is 2.29. The van der Waals surface area contributed by atoms with Crippen molar-refractivity contribution in [2.75, 3.05) is 12.3 Å². The normalized spacial score (nSPS) is 10.8. The maximum absolute atomic E-state index is 13.6. The van der Waals surface area contributed by atoms with Gasteiger partial charge in [0.25, 0.3) is 0 Å². The van der Waals surface area contributed by atoms with Crippen LogP contribution in [0.2, 0.25) is 0 Å². The summed E-state index contributed by atoms with van der Waals surface area (Å²) in [6.07, 6.45) is 2.14. The van der Waals surface area contributed by atoms with Crippen molar-refractivity contribution in [2.24, 2.45) is 0 Å². The summed E-state index contributed by atoms with van der Waals surface area (Å²) in [7, 11) is 0. The van der Waals surface area contributed by atoms with E-state index in [1.807, 2.05) is 0 Å². The zero-order valence-electron chi connectivity index (χ0n) is 12.8. The molecule has 0 aliphatic heterocycles. The highest BCUT2D eigenvalue weighted by molar-refractivity contribution is 6.18. The third-order valence-corrected chi connectivity index (χ3v) is 3.56. The van der Waals surface area contributed by atoms with Gasteiger partial charge in [0.2, 0.25) is 5.78 Å². The number of nitrogen functional groups attached to an aromatic ring is 1. The van der Waals surface area contributed by atoms with Crippen LogP contribution >= 0.6 is 0 Å². The molecule has 0 atom stereocenters. The minimum Gasteiger partial charge on any atom is -0.449 e. The van der Waals surface area contributed by atoms with Crippen molar-refractivity contribution >= 4 is 28.5 Å². The Kier molecular flexibility index (Phi) is 3.99. The van der Waals surface area contributed by atoms with Crippen LogP contribution in [-0.4, -0.2) is 28.0 Å². The summed E-state index contributed by atoms with van der Waals surface area (Å²) in [5, 5.41) is 0.273. The molecule has 0 aliphatic rings. The molecule has 2 aromatic heterocycles. The van der Waals surface area contributed by atoms with E-state index in [-0.39, 0.29) is 28.9 Å². The summed E-state index contributed by atoms with van der Waals surface area (Å²) < 4.78 is 19.6. The topological polar surface area (TPSA) is 87.2 Å². The lowest BCUT2D eigenvalue weighted by atomic mass is 10.1. The van der Waals surface area contributed by atoms with E-state index in [1.165, 1.54) is 30.6 Å². The van der Waals surface area contributed by atoms with Crippen LogP contribution in [0, 0.1) is 5.82 Å². The maximum Gasteiger partial charge on any atom is 0.419 e. The van der Waals surface area contributed by atoms with Gasteiger partial charge >= 0.3 is 6.09 Å². The molecular weight excluding hydrogens is 313 g/mol. The van der Waals surface area contributed by atoms with Crippen molar-refractivity contribution in [1.82, 2.24) is 9.55 Å². The van der Waals surface area contributed by atoms with Gasteiger partial charge in [0.15, 0.2) is 0 Å². The largest absolute Gasteiger partial charge is 0.449 e. The van der Waals surface area contributed by atoms with Gasteiger partial charge in [-0.2, -0.15) is 0 Å². The van der Waals surface area contributed by atoms with Crippen molar-refractivity contribution < 1.29 is 18.7 Å². The molecule has 2 heterocycles. The Morgan fingerprint density at radius 2 is 2.12 bits per heavy atom. The van der Waals surface area contributed by atoms with E-state index < -0.39 is 17.7 Å². The van der Waals surface area contributed by atoms with E-state index in [2.05, 4.69) is 4.98 Å². The van der Waals surface area contributed by atoms with E-state index in [1.54, 1.807) is 19.1 Å². The Morgan fingerprint density at radius 3 is 2.79 bits per heavy atom. The third-order valence-electron chi connectivity index (χ3n) is 3.56. The number of rotatable bonds is 3. The number of carbonyl (C=O) groups is 2. The second-order valence-corrected chi connectivity index (χ2v) is 5.03. The number of halogens is 1. The van der Waals surface area contributed by atoms with E-state index in [4.69, 9.17) is 10.5 Å². The molecule has 0 fully saturated rings. The molecule has 7 heteroatoms. The van der Waals surface area contributed by atoms with Crippen molar-refractivity contribution in [1.29, 1.82) is 0 Å². The summed E-state index contributed by atoms with van der Waals surface area (Å²) in [5.41, 5.74) is 6.56. The number of anilines is 1. The minimum absolute atomic E-state index is 0.0198. The summed E-state index contributed by atoms with van der Waals surface area (Å²) in [6.45, 7) is 1.77. The van der Waals surface area contributed by atoms with Crippen LogP contribution in [0.5, 0.6) is 0 Å². The summed E-state index contributed by atoms with van der Waals surface area (Å²) in [5.74, 6) is -1.01. The van der Waals surface area contributed by atoms with E-state index in [9.17, 15) is 14.0 Å². The summed E-state index contributed by atoms with van der Waals surface area (Å²) in [4.78, 5) is 29.0. The Morgan fingerprint density at radius 1 is 1.33 bits per heavy atom. The molecule has 6 nitrogen and oxygen atoms in total. The van der Waals surface area contributed by atoms with E-state index >= 15 is 0 Å². The van der Waals surface area contributed by atoms with Gasteiger partial charge in [0.05, 0.1) is 17.8 Å². The van der Waals surface area contributed by atoms with Crippen LogP contribution in [0.15, 0.2) is 42.7 Å². The van der Waals surface area contributed by atoms with Gasteiger partial charge in [-0.1, -0.05) is 0 Å². The van der Waals surface area contributed by atoms with Gasteiger partial charge in [-0.05, 0) is 37.3 Å². The highest BCUT2D eigenvalue weighted by atomic mass is 19.1. The first-order valence-electron chi connectivity index (χ1n) is 7.26. The standard InChI is InChI=1S/C17H14FN3O3/c1-2-24-17(23)21-13-6-5-11(18)8-12(13)14(19)15(21)16(22)10-4-3-7-20-9-10/h3-9H,2,19H2,1H3. The van der Waals surface area contributed by atoms with Gasteiger partial charge in [-0.3, -0.25) is 9.78 Å². The van der Waals surface area contributed by atoms with Crippen LogP contribution in [0.4, 0.5) is 14.9 Å². The number of nitrogens with zero attached hydrogens (tertiary/aromatic N) is 2. The fourth-order valence-electron chi connectivity index (χ4n) is 2.52. The predicted molar refractivity (Wildman–Crippen MR) is 86.4 cm³/mol. The molecule has 0 spiro atoms. The zero-order valence-corrected chi connectivity index (χ0v) is 12.8. The first-order chi connectivity index (χ1) is 11.5. The maximum atomic E-state index is 13.6. The molecule has 0 amide bonds. The molecule has 0 saturated heterocycles. The molecule has 0 saturated carbocycles. The first-order valence-corrected chi connectivity index (χ1v) is 7.26. The second-order valence-electron chi connectivity index (χ2n) is 5.03. The van der Waals surface area contributed by atoms with Gasteiger partial charge in [-0.15, -0.1) is 0 Å². The van der Waals surface area contributed by atoms with E-state index in [0.29, 0.717) is 5.52 Å². The first kappa shape index (κ1) is 15.7. The van der Waals surface area contributed by atoms with Crippen LogP contribution in [-0.2, 0) is 4.74 Å². The smallest absolute Gasteiger partial charge is 0.419 e. The number of nitrogens with two attached hydrogens (primary N) is 1. The number of pyridine rings is 1. The molecule has 3 aromatic rings. The lowest BCUT2D eigenvalue weighted by Gasteiger charge is -2.09. The number of ketones is 1. The van der Waals surface area contributed by atoms with Crippen molar-refractivity contribution in [3.63, 3.8) is 0 Å². The van der Waals surface area contributed by atoms with Gasteiger partial charge in [0.1, 0.15) is 11.5 Å². The Hall–Kier alpha value is -3.22. The molecule has 0 unspecified atom stereocenters. The van der Waals surface area contributed by atoms with Crippen molar-refractivity contribution in [3.05, 3.63) is 59.8 Å². The molecular formula is C17H14FN3O3. The molecule has 3 rings (SSSR count). The van der Waals surface area contributed by atoms with Gasteiger partial charge in [-0.25, -0.2) is 13.8 Å². The number of carbonyl (C=O) groups excluding carboxylic acids is 2. The van der Waals surface area contributed by atoms with E-state index in [0.717, 1.165) is 4.57 Å². The molecule has 2 N–H and O–H groups in total. The summed E-state index contributed by atoms with van der Waals surface area (Å²) >= 11 is 0. The van der Waals surface area contributed by atoms with Crippen molar-refractivity contribution in [2.45, 2.75) is 6.92 Å². The molecule has 0 aliphatic carbocycles. The van der Waals surface area contributed by atoms with Gasteiger partial charge in [0, 0.05) is 23.3 Å². The van der Waals surface area contributed by atoms with Crippen LogP contribution in [0.3, 0.4) is 0 Å². The third kappa shape index (κ3) is 2.50. The average Bonchev–Trinajstić information content (AvgIpc) is 2.88. The van der Waals surface area contributed by atoms with Crippen LogP contribution in [0.1, 0.15) is 23.0 Å². The summed E-state index contributed by atoms with van der Waals surface area (Å²) in [6, 6.07) is 6.91. The lowest BCUT2D eigenvalue weighted by Crippen LogP contribution is -2.20. The molecule has 0 bridgehead atoms. The van der Waals surface area contributed by atoms with Crippen LogP contribution < -0.4 is 5.73 Å². The minimum atomic E-state index is -0.752. The number of benzene rings is 1. The highest BCUT2D eigenvalue weighted by Crippen LogP contribution is 2.31. The number of hydrogen-bond donors (Lipinski definition) is 1. The molecule has 0 radical (unpaired) electrons. The lowest BCUT2D eigenvalue weighted by molar-refractivity contribution is 0.102. The van der Waals surface area contributed by atoms with Gasteiger partial charge < -0.3 is 10.5 Å². The number of aromatic nitrogens is 2. The SMILES string of the molecule is CCOC(=O)n1c(C(=O)c2cccnc2)c(N)c2cc(F)ccc21. The molecule has 122 valence electrons. The predicted octanol–water partition coefficient (Wildman–Crippen LogP) is 2.99. The fourth-order valence-corrected chi connectivity index (χ4v) is 2.52. The number of ether oxygens (including phenoxy) is 1. The molecule has 24 heavy (non-hydrogen) atoms. The zero-order chi connectivity index (χ0) is 17.3. The highest BCUT2D eigenvalue weighted by Gasteiger charge is 2.26. The monoisotopic (exact) mass is 327 g/mol. The second kappa shape index (κ2) is 6.11.